The fourth-order valence-electron chi connectivity index (χ4n) is 3.00. The van der Waals surface area contributed by atoms with E-state index in [2.05, 4.69) is 5.32 Å². The van der Waals surface area contributed by atoms with Crippen LogP contribution >= 0.6 is 0 Å². The number of amides is 1. The van der Waals surface area contributed by atoms with Crippen LogP contribution in [-0.2, 0) is 11.3 Å². The first-order valence-electron chi connectivity index (χ1n) is 9.04. The van der Waals surface area contributed by atoms with Gasteiger partial charge in [0.15, 0.2) is 11.5 Å². The minimum Gasteiger partial charge on any atom is -0.493 e. The molecule has 2 aromatic rings. The van der Waals surface area contributed by atoms with Gasteiger partial charge >= 0.3 is 0 Å². The van der Waals surface area contributed by atoms with Crippen LogP contribution in [0.25, 0.3) is 0 Å². The van der Waals surface area contributed by atoms with Gasteiger partial charge in [-0.05, 0) is 30.5 Å². The molecule has 0 radical (unpaired) electrons. The lowest BCUT2D eigenvalue weighted by molar-refractivity contribution is 0.0857. The topological polar surface area (TPSA) is 66.0 Å². The molecule has 0 aliphatic carbocycles. The molecule has 1 N–H and O–H groups in total. The molecule has 3 rings (SSSR count). The zero-order valence-corrected chi connectivity index (χ0v) is 15.7. The summed E-state index contributed by atoms with van der Waals surface area (Å²) < 4.78 is 22.3. The molecule has 1 aliphatic rings. The highest BCUT2D eigenvalue weighted by atomic mass is 16.5. The average Bonchev–Trinajstić information content (AvgIpc) is 3.24. The number of methoxy groups -OCH3 is 2. The number of carbonyl (C=O) groups excluding carboxylic acids is 1. The Hall–Kier alpha value is -2.73. The van der Waals surface area contributed by atoms with Crippen LogP contribution in [0.4, 0.5) is 0 Å². The van der Waals surface area contributed by atoms with Gasteiger partial charge in [0.1, 0.15) is 6.61 Å². The molecule has 6 heteroatoms. The lowest BCUT2D eigenvalue weighted by Crippen LogP contribution is -2.31. The van der Waals surface area contributed by atoms with Crippen molar-refractivity contribution in [3.8, 4) is 17.2 Å². The zero-order chi connectivity index (χ0) is 19.1. The third kappa shape index (κ3) is 4.92. The number of nitrogens with one attached hydrogen (secondary N) is 1. The fourth-order valence-corrected chi connectivity index (χ4v) is 3.00. The Bertz CT molecular complexity index is 731. The van der Waals surface area contributed by atoms with Crippen molar-refractivity contribution < 1.29 is 23.7 Å². The zero-order valence-electron chi connectivity index (χ0n) is 15.7. The van der Waals surface area contributed by atoms with Crippen molar-refractivity contribution in [2.45, 2.75) is 25.6 Å². The smallest absolute Gasteiger partial charge is 0.251 e. The molecule has 144 valence electrons. The van der Waals surface area contributed by atoms with Crippen LogP contribution in [0.3, 0.4) is 0 Å². The summed E-state index contributed by atoms with van der Waals surface area (Å²) >= 11 is 0. The molecule has 0 bridgehead atoms. The predicted octanol–water partition coefficient (Wildman–Crippen LogP) is 3.19. The van der Waals surface area contributed by atoms with Crippen LogP contribution in [0.5, 0.6) is 17.2 Å². The Kier molecular flexibility index (Phi) is 6.54. The highest BCUT2D eigenvalue weighted by Gasteiger charge is 2.20. The van der Waals surface area contributed by atoms with Crippen LogP contribution < -0.4 is 19.5 Å². The summed E-state index contributed by atoms with van der Waals surface area (Å²) in [6.07, 6.45) is 2.10. The van der Waals surface area contributed by atoms with Gasteiger partial charge < -0.3 is 24.3 Å². The Morgan fingerprint density at radius 2 is 1.85 bits per heavy atom. The van der Waals surface area contributed by atoms with E-state index >= 15 is 0 Å². The Morgan fingerprint density at radius 3 is 2.44 bits per heavy atom. The van der Waals surface area contributed by atoms with Crippen LogP contribution in [0, 0.1) is 0 Å². The van der Waals surface area contributed by atoms with Gasteiger partial charge in [0.05, 0.1) is 20.3 Å². The summed E-state index contributed by atoms with van der Waals surface area (Å²) in [6.45, 7) is 1.63. The monoisotopic (exact) mass is 371 g/mol. The van der Waals surface area contributed by atoms with E-state index in [-0.39, 0.29) is 12.0 Å². The van der Waals surface area contributed by atoms with Crippen LogP contribution in [0.1, 0.15) is 28.8 Å². The maximum Gasteiger partial charge on any atom is 0.251 e. The van der Waals surface area contributed by atoms with E-state index < -0.39 is 0 Å². The molecule has 0 spiro atoms. The minimum absolute atomic E-state index is 0.0891. The molecule has 1 fully saturated rings. The molecular weight excluding hydrogens is 346 g/mol. The summed E-state index contributed by atoms with van der Waals surface area (Å²) in [7, 11) is 3.08. The maximum absolute atomic E-state index is 12.5. The normalized spacial score (nSPS) is 16.0. The standard InChI is InChI=1S/C21H25NO5/c1-24-18-11-16(21(23)22-13-17-9-6-10-26-17)12-19(25-2)20(18)27-14-15-7-4-3-5-8-15/h3-5,7-8,11-12,17H,6,9-10,13-14H2,1-2H3,(H,22,23)/t17-/m0/s1. The van der Waals surface area contributed by atoms with Crippen molar-refractivity contribution >= 4 is 5.91 Å². The lowest BCUT2D eigenvalue weighted by atomic mass is 10.1. The Balaban J connectivity index is 1.73. The van der Waals surface area contributed by atoms with Crippen LogP contribution in [0.2, 0.25) is 0 Å². The molecule has 1 saturated heterocycles. The molecule has 1 atom stereocenters. The first-order valence-corrected chi connectivity index (χ1v) is 9.04. The van der Waals surface area contributed by atoms with Gasteiger partial charge in [-0.15, -0.1) is 0 Å². The van der Waals surface area contributed by atoms with Gasteiger partial charge in [-0.1, -0.05) is 30.3 Å². The van der Waals surface area contributed by atoms with Crippen molar-refractivity contribution in [1.82, 2.24) is 5.32 Å². The second-order valence-corrected chi connectivity index (χ2v) is 6.33. The largest absolute Gasteiger partial charge is 0.493 e. The number of benzene rings is 2. The maximum atomic E-state index is 12.5. The van der Waals surface area contributed by atoms with E-state index in [0.29, 0.717) is 36.0 Å². The van der Waals surface area contributed by atoms with Gasteiger partial charge in [-0.2, -0.15) is 0 Å². The van der Waals surface area contributed by atoms with E-state index in [0.717, 1.165) is 25.0 Å². The number of rotatable bonds is 8. The molecule has 1 amide bonds. The molecule has 2 aromatic carbocycles. The van der Waals surface area contributed by atoms with E-state index in [9.17, 15) is 4.79 Å². The van der Waals surface area contributed by atoms with E-state index in [1.165, 1.54) is 14.2 Å². The highest BCUT2D eigenvalue weighted by molar-refractivity contribution is 5.95. The third-order valence-corrected chi connectivity index (χ3v) is 4.46. The highest BCUT2D eigenvalue weighted by Crippen LogP contribution is 2.39. The quantitative estimate of drug-likeness (QED) is 0.772. The third-order valence-electron chi connectivity index (χ3n) is 4.46. The first-order chi connectivity index (χ1) is 13.2. The number of ether oxygens (including phenoxy) is 4. The van der Waals surface area contributed by atoms with Crippen LogP contribution in [0.15, 0.2) is 42.5 Å². The van der Waals surface area contributed by atoms with Crippen molar-refractivity contribution in [3.63, 3.8) is 0 Å². The van der Waals surface area contributed by atoms with Crippen molar-refractivity contribution in [3.05, 3.63) is 53.6 Å². The molecule has 0 unspecified atom stereocenters. The molecule has 1 heterocycles. The van der Waals surface area contributed by atoms with Crippen molar-refractivity contribution in [2.75, 3.05) is 27.4 Å². The summed E-state index contributed by atoms with van der Waals surface area (Å²) in [5, 5.41) is 2.90. The first kappa shape index (κ1) is 19.0. The SMILES string of the molecule is COc1cc(C(=O)NC[C@@H]2CCCO2)cc(OC)c1OCc1ccccc1. The van der Waals surface area contributed by atoms with Gasteiger partial charge in [0.25, 0.3) is 5.91 Å². The predicted molar refractivity (Wildman–Crippen MR) is 102 cm³/mol. The fraction of sp³-hybridized carbons (Fsp3) is 0.381. The summed E-state index contributed by atoms with van der Waals surface area (Å²) in [4.78, 5) is 12.5. The van der Waals surface area contributed by atoms with Gasteiger partial charge in [-0.25, -0.2) is 0 Å². The lowest BCUT2D eigenvalue weighted by Gasteiger charge is -2.17. The minimum atomic E-state index is -0.197. The molecule has 0 aromatic heterocycles. The number of hydrogen-bond acceptors (Lipinski definition) is 5. The van der Waals surface area contributed by atoms with Crippen LogP contribution in [-0.4, -0.2) is 39.4 Å². The number of carbonyl (C=O) groups is 1. The van der Waals surface area contributed by atoms with Crippen molar-refractivity contribution in [2.24, 2.45) is 0 Å². The van der Waals surface area contributed by atoms with Crippen molar-refractivity contribution in [1.29, 1.82) is 0 Å². The van der Waals surface area contributed by atoms with Gasteiger partial charge in [-0.3, -0.25) is 4.79 Å². The molecular formula is C21H25NO5. The Morgan fingerprint density at radius 1 is 1.15 bits per heavy atom. The van der Waals surface area contributed by atoms with Gasteiger partial charge in [0.2, 0.25) is 5.75 Å². The summed E-state index contributed by atoms with van der Waals surface area (Å²) in [5.74, 6) is 1.18. The summed E-state index contributed by atoms with van der Waals surface area (Å²) in [5.41, 5.74) is 1.48. The Labute approximate surface area is 159 Å². The molecule has 0 saturated carbocycles. The van der Waals surface area contributed by atoms with Gasteiger partial charge in [0, 0.05) is 18.7 Å². The summed E-state index contributed by atoms with van der Waals surface area (Å²) in [6, 6.07) is 13.1. The molecule has 6 nitrogen and oxygen atoms in total. The van der Waals surface area contributed by atoms with E-state index in [1.807, 2.05) is 30.3 Å². The molecule has 1 aliphatic heterocycles. The number of hydrogen-bond donors (Lipinski definition) is 1. The molecule has 27 heavy (non-hydrogen) atoms. The average molecular weight is 371 g/mol. The van der Waals surface area contributed by atoms with E-state index in [1.54, 1.807) is 12.1 Å². The second-order valence-electron chi connectivity index (χ2n) is 6.33. The van der Waals surface area contributed by atoms with E-state index in [4.69, 9.17) is 18.9 Å². The second kappa shape index (κ2) is 9.28.